The molecule has 0 aliphatic heterocycles. The highest BCUT2D eigenvalue weighted by atomic mass is 32.2. The summed E-state index contributed by atoms with van der Waals surface area (Å²) < 4.78 is 27.8. The minimum Gasteiger partial charge on any atom is -0.507 e. The lowest BCUT2D eigenvalue weighted by molar-refractivity contribution is -0.107. The number of nitrogens with zero attached hydrogens (tertiary/aromatic N) is 4. The molecule has 40 heavy (non-hydrogen) atoms. The molecule has 0 saturated heterocycles. The molecule has 1 aliphatic rings. The first-order valence-corrected chi connectivity index (χ1v) is 14.5. The van der Waals surface area contributed by atoms with E-state index in [4.69, 9.17) is 0 Å². The Morgan fingerprint density at radius 1 is 1.12 bits per heavy atom. The maximum atomic E-state index is 12.7. The number of aromatic hydroxyl groups is 1. The van der Waals surface area contributed by atoms with Crippen molar-refractivity contribution in [1.82, 2.24) is 4.98 Å². The molecule has 210 valence electrons. The molecule has 1 aliphatic carbocycles. The smallest absolute Gasteiger partial charge is 0.339 e. The van der Waals surface area contributed by atoms with Crippen LogP contribution in [0.25, 0.3) is 0 Å². The number of phenols is 1. The lowest BCUT2D eigenvalue weighted by Crippen LogP contribution is -2.37. The summed E-state index contributed by atoms with van der Waals surface area (Å²) in [6.45, 7) is 2.52. The minimum atomic E-state index is -3.88. The fourth-order valence-corrected chi connectivity index (χ4v) is 5.96. The number of rotatable bonds is 11. The number of anilines is 2. The van der Waals surface area contributed by atoms with Gasteiger partial charge in [0.15, 0.2) is 0 Å². The van der Waals surface area contributed by atoms with E-state index in [1.54, 1.807) is 12.1 Å². The van der Waals surface area contributed by atoms with Crippen LogP contribution in [0.3, 0.4) is 0 Å². The Morgan fingerprint density at radius 2 is 1.85 bits per heavy atom. The Balaban J connectivity index is 1.72. The van der Waals surface area contributed by atoms with Crippen molar-refractivity contribution >= 4 is 45.2 Å². The highest BCUT2D eigenvalue weighted by molar-refractivity contribution is 7.92. The molecule has 1 aromatic heterocycles. The van der Waals surface area contributed by atoms with Crippen molar-refractivity contribution in [3.63, 3.8) is 0 Å². The summed E-state index contributed by atoms with van der Waals surface area (Å²) in [7, 11) is -3.88. The second kappa shape index (κ2) is 12.7. The number of carbonyl (C=O) groups excluding carboxylic acids is 1. The number of benzene rings is 2. The number of aldehydes is 1. The van der Waals surface area contributed by atoms with Crippen LogP contribution in [-0.4, -0.2) is 48.5 Å². The van der Waals surface area contributed by atoms with Gasteiger partial charge in [-0.1, -0.05) is 25.3 Å². The molecule has 1 fully saturated rings. The van der Waals surface area contributed by atoms with Gasteiger partial charge in [-0.05, 0) is 62.2 Å². The lowest BCUT2D eigenvalue weighted by Gasteiger charge is -2.37. The molecule has 0 atom stereocenters. The number of carbonyl (C=O) groups is 2. The normalized spacial score (nSPS) is 14.2. The zero-order valence-electron chi connectivity index (χ0n) is 22.0. The molecule has 0 spiro atoms. The monoisotopic (exact) mass is 565 g/mol. The number of aromatic nitrogens is 1. The van der Waals surface area contributed by atoms with Gasteiger partial charge in [-0.2, -0.15) is 5.11 Å². The van der Waals surface area contributed by atoms with Crippen LogP contribution in [0.15, 0.2) is 69.9 Å². The van der Waals surface area contributed by atoms with Crippen LogP contribution in [0, 0.1) is 0 Å². The maximum Gasteiger partial charge on any atom is 0.339 e. The van der Waals surface area contributed by atoms with E-state index in [-0.39, 0.29) is 40.0 Å². The van der Waals surface area contributed by atoms with E-state index in [9.17, 15) is 28.2 Å². The van der Waals surface area contributed by atoms with Crippen molar-refractivity contribution in [3.05, 3.63) is 65.9 Å². The number of hydrogen-bond acceptors (Lipinski definition) is 9. The van der Waals surface area contributed by atoms with E-state index in [0.717, 1.165) is 32.1 Å². The van der Waals surface area contributed by atoms with E-state index in [0.29, 0.717) is 24.2 Å². The third-order valence-corrected chi connectivity index (χ3v) is 8.21. The second-order valence-corrected chi connectivity index (χ2v) is 11.1. The Morgan fingerprint density at radius 3 is 2.45 bits per heavy atom. The number of carboxylic acid groups (broad SMARTS) is 1. The third kappa shape index (κ3) is 6.45. The molecule has 2 aromatic carbocycles. The average Bonchev–Trinajstić information content (AvgIpc) is 2.95. The summed E-state index contributed by atoms with van der Waals surface area (Å²) in [5.41, 5.74) is 0.819. The van der Waals surface area contributed by atoms with Gasteiger partial charge in [-0.15, -0.1) is 5.11 Å². The van der Waals surface area contributed by atoms with Crippen molar-refractivity contribution in [2.75, 3.05) is 16.2 Å². The first-order chi connectivity index (χ1) is 19.2. The number of pyridine rings is 1. The molecule has 1 heterocycles. The van der Waals surface area contributed by atoms with Crippen LogP contribution in [-0.2, 0) is 21.2 Å². The molecule has 0 radical (unpaired) electrons. The van der Waals surface area contributed by atoms with Gasteiger partial charge in [0.25, 0.3) is 10.0 Å². The van der Waals surface area contributed by atoms with Crippen LogP contribution < -0.4 is 9.62 Å². The first-order valence-electron chi connectivity index (χ1n) is 13.0. The summed E-state index contributed by atoms with van der Waals surface area (Å²) in [5.74, 6) is -1.63. The zero-order chi connectivity index (χ0) is 28.7. The molecule has 3 N–H and O–H groups in total. The van der Waals surface area contributed by atoms with Crippen LogP contribution in [0.5, 0.6) is 5.75 Å². The first kappa shape index (κ1) is 28.7. The molecular weight excluding hydrogens is 534 g/mol. The van der Waals surface area contributed by atoms with Crippen molar-refractivity contribution in [2.24, 2.45) is 10.2 Å². The minimum absolute atomic E-state index is 0.00156. The summed E-state index contributed by atoms with van der Waals surface area (Å²) in [4.78, 5) is 29.5. The molecule has 12 heteroatoms. The van der Waals surface area contributed by atoms with Crippen molar-refractivity contribution in [2.45, 2.75) is 56.4 Å². The van der Waals surface area contributed by atoms with Gasteiger partial charge in [-0.3, -0.25) is 4.72 Å². The SMILES string of the molecule is CCN(c1c(N=Nc2ccc(S(=O)(=O)Nc3ccccn3)cc2)cc(C(=O)O)c(O)c1CC=O)C1CCCCC1. The van der Waals surface area contributed by atoms with Gasteiger partial charge in [0.2, 0.25) is 0 Å². The Kier molecular flexibility index (Phi) is 9.10. The van der Waals surface area contributed by atoms with Gasteiger partial charge in [0.1, 0.15) is 29.1 Å². The Labute approximate surface area is 232 Å². The number of aromatic carboxylic acids is 1. The lowest BCUT2D eigenvalue weighted by atomic mass is 9.92. The molecule has 0 unspecified atom stereocenters. The Bertz CT molecular complexity index is 1490. The molecule has 4 rings (SSSR count). The molecular formula is C28H31N5O6S. The van der Waals surface area contributed by atoms with Gasteiger partial charge < -0.3 is 19.9 Å². The van der Waals surface area contributed by atoms with E-state index in [1.165, 1.54) is 42.6 Å². The highest BCUT2D eigenvalue weighted by Crippen LogP contribution is 2.43. The summed E-state index contributed by atoms with van der Waals surface area (Å²) in [5, 5.41) is 29.1. The fourth-order valence-electron chi connectivity index (χ4n) is 4.95. The van der Waals surface area contributed by atoms with E-state index in [2.05, 4.69) is 24.8 Å². The number of carboxylic acids is 1. The number of sulfonamides is 1. The molecule has 11 nitrogen and oxygen atoms in total. The van der Waals surface area contributed by atoms with Crippen molar-refractivity contribution in [1.29, 1.82) is 0 Å². The highest BCUT2D eigenvalue weighted by Gasteiger charge is 2.29. The van der Waals surface area contributed by atoms with Crippen LogP contribution in [0.1, 0.15) is 54.9 Å². The third-order valence-electron chi connectivity index (χ3n) is 6.84. The van der Waals surface area contributed by atoms with Crippen molar-refractivity contribution < 1.29 is 28.2 Å². The van der Waals surface area contributed by atoms with Gasteiger partial charge in [-0.25, -0.2) is 18.2 Å². The average molecular weight is 566 g/mol. The topological polar surface area (TPSA) is 162 Å². The van der Waals surface area contributed by atoms with E-state index >= 15 is 0 Å². The molecule has 1 saturated carbocycles. The standard InChI is InChI=1S/C28H31N5O6S/c1-2-33(20-8-4-3-5-9-20)26-22(15-17-34)27(35)23(28(36)37)18-24(26)31-30-19-11-13-21(14-12-19)40(38,39)32-25-10-6-7-16-29-25/h6-7,10-14,16-18,20,35H,2-5,8-9,15H2,1H3,(H,29,32)(H,36,37). The van der Waals surface area contributed by atoms with Gasteiger partial charge >= 0.3 is 5.97 Å². The molecule has 3 aromatic rings. The number of hydrogen-bond donors (Lipinski definition) is 3. The number of nitrogens with one attached hydrogen (secondary N) is 1. The molecule has 0 amide bonds. The molecule has 0 bridgehead atoms. The van der Waals surface area contributed by atoms with Gasteiger partial charge in [0.05, 0.1) is 16.3 Å². The quantitative estimate of drug-likeness (QED) is 0.200. The fraction of sp³-hybridized carbons (Fsp3) is 0.321. The summed E-state index contributed by atoms with van der Waals surface area (Å²) in [6.07, 6.45) is 6.98. The zero-order valence-corrected chi connectivity index (χ0v) is 22.8. The van der Waals surface area contributed by atoms with E-state index < -0.39 is 21.7 Å². The van der Waals surface area contributed by atoms with Crippen LogP contribution >= 0.6 is 0 Å². The Hall–Kier alpha value is -4.32. The predicted octanol–water partition coefficient (Wildman–Crippen LogP) is 5.60. The number of azo groups is 1. The summed E-state index contributed by atoms with van der Waals surface area (Å²) in [6, 6.07) is 12.0. The van der Waals surface area contributed by atoms with E-state index in [1.807, 2.05) is 6.92 Å². The van der Waals surface area contributed by atoms with Crippen LogP contribution in [0.2, 0.25) is 0 Å². The van der Waals surface area contributed by atoms with Gasteiger partial charge in [0, 0.05) is 30.8 Å². The second-order valence-electron chi connectivity index (χ2n) is 9.39. The summed E-state index contributed by atoms with van der Waals surface area (Å²) >= 11 is 0. The largest absolute Gasteiger partial charge is 0.507 e. The predicted molar refractivity (Wildman–Crippen MR) is 150 cm³/mol. The van der Waals surface area contributed by atoms with Crippen molar-refractivity contribution in [3.8, 4) is 5.75 Å². The maximum absolute atomic E-state index is 12.7. The van der Waals surface area contributed by atoms with Crippen LogP contribution in [0.4, 0.5) is 22.9 Å².